The molecule has 0 unspecified atom stereocenters. The van der Waals surface area contributed by atoms with Crippen LogP contribution in [0.1, 0.15) is 29.2 Å². The van der Waals surface area contributed by atoms with Gasteiger partial charge in [0.05, 0.1) is 25.3 Å². The van der Waals surface area contributed by atoms with Crippen LogP contribution in [0.3, 0.4) is 0 Å². The number of nitriles is 1. The average molecular weight is 350 g/mol. The third-order valence-corrected chi connectivity index (χ3v) is 4.65. The smallest absolute Gasteiger partial charge is 0.216 e. The number of aromatic nitrogens is 1. The second-order valence-electron chi connectivity index (χ2n) is 6.30. The van der Waals surface area contributed by atoms with Gasteiger partial charge in [-0.3, -0.25) is 0 Å². The van der Waals surface area contributed by atoms with Gasteiger partial charge in [0.25, 0.3) is 0 Å². The molecule has 2 aromatic carbocycles. The highest BCUT2D eigenvalue weighted by atomic mass is 19.1. The summed E-state index contributed by atoms with van der Waals surface area (Å²) in [5, 5.41) is 9.85. The molecule has 0 saturated heterocycles. The normalized spacial score (nSPS) is 14.5. The summed E-state index contributed by atoms with van der Waals surface area (Å²) in [6, 6.07) is 7.48. The topological polar surface area (TPSA) is 40.8 Å². The SMILES string of the molecule is [2H]c1c(C([2H])([2H])[2H])c([2H])c(-c2c(C)cc(F)c3c2oc2cc(C#N)ccc23)[n+](C)c1C. The van der Waals surface area contributed by atoms with Crippen molar-refractivity contribution in [3.63, 3.8) is 0 Å². The first kappa shape index (κ1) is 11.4. The minimum absolute atomic E-state index is 0.167. The molecule has 3 nitrogen and oxygen atoms in total. The number of furan rings is 1. The maximum Gasteiger partial charge on any atom is 0.216 e. The monoisotopic (exact) mass is 350 g/mol. The Bertz CT molecular complexity index is 1450. The van der Waals surface area contributed by atoms with E-state index in [2.05, 4.69) is 0 Å². The zero-order valence-electron chi connectivity index (χ0n) is 19.5. The lowest BCUT2D eigenvalue weighted by atomic mass is 9.98. The molecule has 0 aliphatic rings. The van der Waals surface area contributed by atoms with Crippen LogP contribution >= 0.6 is 0 Å². The lowest BCUT2D eigenvalue weighted by Gasteiger charge is -2.08. The molecule has 2 aromatic heterocycles. The van der Waals surface area contributed by atoms with Gasteiger partial charge < -0.3 is 4.42 Å². The van der Waals surface area contributed by atoms with Gasteiger partial charge in [-0.15, -0.1) is 0 Å². The second-order valence-corrected chi connectivity index (χ2v) is 6.30. The maximum absolute atomic E-state index is 15.0. The third kappa shape index (κ3) is 2.28. The molecule has 0 saturated carbocycles. The fourth-order valence-corrected chi connectivity index (χ4v) is 3.28. The Morgan fingerprint density at radius 1 is 1.27 bits per heavy atom. The molecule has 0 N–H and O–H groups in total. The zero-order valence-corrected chi connectivity index (χ0v) is 14.5. The minimum Gasteiger partial charge on any atom is -0.455 e. The highest BCUT2D eigenvalue weighted by Gasteiger charge is 2.24. The maximum atomic E-state index is 15.0. The molecule has 0 aliphatic carbocycles. The summed E-state index contributed by atoms with van der Waals surface area (Å²) < 4.78 is 63.0. The molecule has 0 atom stereocenters. The Morgan fingerprint density at radius 2 is 2.08 bits per heavy atom. The molecule has 0 fully saturated rings. The van der Waals surface area contributed by atoms with E-state index < -0.39 is 12.7 Å². The summed E-state index contributed by atoms with van der Waals surface area (Å²) in [4.78, 5) is 0. The number of halogens is 1. The van der Waals surface area contributed by atoms with E-state index in [1.54, 1.807) is 37.6 Å². The van der Waals surface area contributed by atoms with E-state index >= 15 is 4.39 Å². The van der Waals surface area contributed by atoms with Gasteiger partial charge >= 0.3 is 0 Å². The predicted molar refractivity (Wildman–Crippen MR) is 99.2 cm³/mol. The summed E-state index contributed by atoms with van der Waals surface area (Å²) in [5.74, 6) is -0.515. The van der Waals surface area contributed by atoms with Gasteiger partial charge in [-0.25, -0.2) is 4.39 Å². The molecule has 0 bridgehead atoms. The van der Waals surface area contributed by atoms with Crippen LogP contribution in [0.5, 0.6) is 0 Å². The zero-order chi connectivity index (χ0) is 22.8. The van der Waals surface area contributed by atoms with Crippen LogP contribution in [0.25, 0.3) is 33.2 Å². The van der Waals surface area contributed by atoms with Gasteiger partial charge in [-0.1, -0.05) is 0 Å². The molecule has 4 aromatic rings. The van der Waals surface area contributed by atoms with Gasteiger partial charge in [-0.05, 0) is 49.2 Å². The van der Waals surface area contributed by atoms with Crippen LogP contribution in [0.2, 0.25) is 0 Å². The quantitative estimate of drug-likeness (QED) is 0.453. The highest BCUT2D eigenvalue weighted by molar-refractivity contribution is 6.10. The summed E-state index contributed by atoms with van der Waals surface area (Å²) in [5.41, 5.74) is 1.90. The first-order valence-corrected chi connectivity index (χ1v) is 8.03. The van der Waals surface area contributed by atoms with E-state index in [0.29, 0.717) is 33.4 Å². The highest BCUT2D eigenvalue weighted by Crippen LogP contribution is 2.39. The molecule has 4 heteroatoms. The van der Waals surface area contributed by atoms with Crippen LogP contribution in [0, 0.1) is 37.8 Å². The minimum atomic E-state index is -2.66. The van der Waals surface area contributed by atoms with Crippen molar-refractivity contribution in [2.75, 3.05) is 0 Å². The molecular formula is C22H18FN2O+. The van der Waals surface area contributed by atoms with Crippen LogP contribution in [0.4, 0.5) is 4.39 Å². The van der Waals surface area contributed by atoms with Gasteiger partial charge in [0.2, 0.25) is 5.69 Å². The molecule has 0 amide bonds. The number of fused-ring (bicyclic) bond motifs is 3. The van der Waals surface area contributed by atoms with Gasteiger partial charge in [0, 0.05) is 28.5 Å². The molecule has 26 heavy (non-hydrogen) atoms. The van der Waals surface area contributed by atoms with Crippen molar-refractivity contribution in [1.29, 1.82) is 5.26 Å². The van der Waals surface area contributed by atoms with Crippen molar-refractivity contribution in [2.24, 2.45) is 7.05 Å². The lowest BCUT2D eigenvalue weighted by Crippen LogP contribution is -2.35. The van der Waals surface area contributed by atoms with E-state index in [0.717, 1.165) is 0 Å². The van der Waals surface area contributed by atoms with Crippen molar-refractivity contribution < 1.29 is 20.2 Å². The van der Waals surface area contributed by atoms with E-state index in [-0.39, 0.29) is 34.3 Å². The summed E-state index contributed by atoms with van der Waals surface area (Å²) in [7, 11) is 1.63. The average Bonchev–Trinajstić information content (AvgIpc) is 3.06. The van der Waals surface area contributed by atoms with E-state index in [1.165, 1.54) is 12.1 Å². The molecule has 0 aliphatic heterocycles. The lowest BCUT2D eigenvalue weighted by molar-refractivity contribution is -0.666. The number of rotatable bonds is 1. The fraction of sp³-hybridized carbons (Fsp3) is 0.182. The molecule has 0 spiro atoms. The Labute approximate surface area is 157 Å². The van der Waals surface area contributed by atoms with Crippen molar-refractivity contribution in [2.45, 2.75) is 20.7 Å². The number of pyridine rings is 1. The molecule has 0 radical (unpaired) electrons. The number of hydrogen-bond donors (Lipinski definition) is 0. The number of nitrogens with zero attached hydrogens (tertiary/aromatic N) is 2. The Balaban J connectivity index is 2.22. The summed E-state index contributed by atoms with van der Waals surface area (Å²) >= 11 is 0. The third-order valence-electron chi connectivity index (χ3n) is 4.65. The number of benzene rings is 2. The van der Waals surface area contributed by atoms with Gasteiger partial charge in [0.1, 0.15) is 18.4 Å². The van der Waals surface area contributed by atoms with E-state index in [9.17, 15) is 5.26 Å². The number of aryl methyl sites for hydroxylation is 1. The predicted octanol–water partition coefficient (Wildman–Crippen LogP) is 5.01. The van der Waals surface area contributed by atoms with Crippen LogP contribution in [-0.2, 0) is 7.05 Å². The second kappa shape index (κ2) is 5.67. The van der Waals surface area contributed by atoms with Gasteiger partial charge in [-0.2, -0.15) is 9.83 Å². The summed E-state index contributed by atoms with van der Waals surface area (Å²) in [6.45, 7) is 0.600. The van der Waals surface area contributed by atoms with Crippen LogP contribution < -0.4 is 4.57 Å². The Morgan fingerprint density at radius 3 is 2.81 bits per heavy atom. The largest absolute Gasteiger partial charge is 0.455 e. The van der Waals surface area contributed by atoms with Crippen molar-refractivity contribution >= 4 is 21.9 Å². The van der Waals surface area contributed by atoms with Crippen LogP contribution in [0.15, 0.2) is 40.8 Å². The van der Waals surface area contributed by atoms with Crippen molar-refractivity contribution in [3.05, 3.63) is 64.6 Å². The molecular weight excluding hydrogens is 327 g/mol. The molecule has 2 heterocycles. The first-order chi connectivity index (χ1) is 14.5. The fourth-order valence-electron chi connectivity index (χ4n) is 3.28. The molecule has 128 valence electrons. The van der Waals surface area contributed by atoms with Gasteiger partial charge in [0.15, 0.2) is 11.3 Å². The summed E-state index contributed by atoms with van der Waals surface area (Å²) in [6.07, 6.45) is 0. The first-order valence-electron chi connectivity index (χ1n) is 10.5. The number of hydrogen-bond acceptors (Lipinski definition) is 2. The van der Waals surface area contributed by atoms with Crippen LogP contribution in [-0.4, -0.2) is 0 Å². The van der Waals surface area contributed by atoms with Crippen molar-refractivity contribution in [3.8, 4) is 17.3 Å². The van der Waals surface area contributed by atoms with E-state index in [1.807, 2.05) is 6.07 Å². The van der Waals surface area contributed by atoms with E-state index in [4.69, 9.17) is 11.3 Å². The molecule has 4 rings (SSSR count). The Kier molecular flexibility index (Phi) is 2.49. The standard InChI is InChI=1S/C22H18FN2O/c1-12-7-14(3)25(4)18(8-12)20-13(2)9-17(23)21-16-6-5-15(11-24)10-19(16)26-22(20)21/h5-10H,1-4H3/q+1/i1D3,7D,8D. The van der Waals surface area contributed by atoms with Crippen molar-refractivity contribution in [1.82, 2.24) is 0 Å². The Hall–Kier alpha value is -3.19.